The van der Waals surface area contributed by atoms with Gasteiger partial charge in [0.25, 0.3) is 0 Å². The molecule has 0 saturated heterocycles. The largest absolute Gasteiger partial charge is 0.414 e. The number of ether oxygens (including phenoxy) is 1. The van der Waals surface area contributed by atoms with E-state index >= 15 is 0 Å². The van der Waals surface area contributed by atoms with Crippen LogP contribution >= 0.6 is 27.5 Å². The minimum absolute atomic E-state index is 0.200. The Morgan fingerprint density at radius 1 is 1.47 bits per heavy atom. The van der Waals surface area contributed by atoms with Gasteiger partial charge in [-0.3, -0.25) is 0 Å². The lowest BCUT2D eigenvalue weighted by atomic mass is 10.2. The fraction of sp³-hybridized carbons (Fsp3) is 0.111. The van der Waals surface area contributed by atoms with Gasteiger partial charge in [-0.2, -0.15) is 0 Å². The van der Waals surface area contributed by atoms with E-state index in [0.29, 0.717) is 9.50 Å². The summed E-state index contributed by atoms with van der Waals surface area (Å²) in [4.78, 5) is 22.2. The van der Waals surface area contributed by atoms with E-state index in [2.05, 4.69) is 26.0 Å². The summed E-state index contributed by atoms with van der Waals surface area (Å²) in [6, 6.07) is 4.63. The predicted molar refractivity (Wildman–Crippen MR) is 59.0 cm³/mol. The molecule has 4 nitrogen and oxygen atoms in total. The first-order valence-electron chi connectivity index (χ1n) is 3.93. The van der Waals surface area contributed by atoms with Crippen LogP contribution in [-0.2, 0) is 4.74 Å². The average Bonchev–Trinajstić information content (AvgIpc) is 2.21. The van der Waals surface area contributed by atoms with Gasteiger partial charge in [0, 0.05) is 16.5 Å². The molecule has 6 heteroatoms. The Kier molecular flexibility index (Phi) is 4.11. The highest BCUT2D eigenvalue weighted by Crippen LogP contribution is 2.21. The Hall–Kier alpha value is -1.07. The van der Waals surface area contributed by atoms with Crippen molar-refractivity contribution in [2.24, 2.45) is 0 Å². The first-order valence-corrected chi connectivity index (χ1v) is 5.10. The molecule has 0 radical (unpaired) electrons. The number of benzene rings is 1. The van der Waals surface area contributed by atoms with E-state index in [1.165, 1.54) is 13.1 Å². The van der Waals surface area contributed by atoms with E-state index in [9.17, 15) is 9.59 Å². The maximum absolute atomic E-state index is 11.4. The van der Waals surface area contributed by atoms with E-state index in [1.54, 1.807) is 12.1 Å². The van der Waals surface area contributed by atoms with Crippen molar-refractivity contribution in [1.29, 1.82) is 0 Å². The highest BCUT2D eigenvalue weighted by Gasteiger charge is 2.15. The third kappa shape index (κ3) is 3.21. The molecule has 0 unspecified atom stereocenters. The molecule has 1 aromatic carbocycles. The molecule has 0 aliphatic carbocycles. The normalized spacial score (nSPS) is 9.53. The molecule has 0 atom stereocenters. The average molecular weight is 293 g/mol. The second-order valence-corrected chi connectivity index (χ2v) is 3.84. The van der Waals surface area contributed by atoms with Crippen molar-refractivity contribution < 1.29 is 14.3 Å². The van der Waals surface area contributed by atoms with Crippen LogP contribution in [0.2, 0.25) is 5.02 Å². The monoisotopic (exact) mass is 291 g/mol. The molecule has 0 aliphatic rings. The highest BCUT2D eigenvalue weighted by atomic mass is 79.9. The van der Waals surface area contributed by atoms with E-state index in [-0.39, 0.29) is 5.56 Å². The molecule has 0 fully saturated rings. The van der Waals surface area contributed by atoms with Crippen LogP contribution in [0, 0.1) is 0 Å². The van der Waals surface area contributed by atoms with Gasteiger partial charge in [0.15, 0.2) is 0 Å². The summed E-state index contributed by atoms with van der Waals surface area (Å²) < 4.78 is 4.96. The number of nitrogens with one attached hydrogen (secondary N) is 1. The first-order chi connectivity index (χ1) is 7.04. The molecule has 1 amide bonds. The van der Waals surface area contributed by atoms with E-state index in [0.717, 1.165) is 0 Å². The zero-order valence-corrected chi connectivity index (χ0v) is 10.1. The van der Waals surface area contributed by atoms with Gasteiger partial charge in [-0.25, -0.2) is 9.59 Å². The lowest BCUT2D eigenvalue weighted by molar-refractivity contribution is 0.0625. The molecule has 0 saturated carbocycles. The third-order valence-corrected chi connectivity index (χ3v) is 2.46. The van der Waals surface area contributed by atoms with Crippen LogP contribution < -0.4 is 5.32 Å². The molecule has 0 aliphatic heterocycles. The van der Waals surface area contributed by atoms with Crippen molar-refractivity contribution in [1.82, 2.24) is 5.32 Å². The zero-order valence-electron chi connectivity index (χ0n) is 7.71. The van der Waals surface area contributed by atoms with Gasteiger partial charge in [0.05, 0.1) is 5.56 Å². The van der Waals surface area contributed by atoms with Crippen LogP contribution in [0.15, 0.2) is 22.7 Å². The number of carbonyl (C=O) groups excluding carboxylic acids is 2. The van der Waals surface area contributed by atoms with Crippen molar-refractivity contribution in [3.63, 3.8) is 0 Å². The number of esters is 1. The van der Waals surface area contributed by atoms with Gasteiger partial charge in [-0.1, -0.05) is 11.6 Å². The number of hydrogen-bond donors (Lipinski definition) is 1. The van der Waals surface area contributed by atoms with E-state index in [1.807, 2.05) is 0 Å². The minimum atomic E-state index is -0.813. The molecule has 0 bridgehead atoms. The summed E-state index contributed by atoms with van der Waals surface area (Å²) in [5, 5.41) is 2.56. The van der Waals surface area contributed by atoms with Crippen molar-refractivity contribution in [2.75, 3.05) is 7.05 Å². The molecule has 0 heterocycles. The summed E-state index contributed by atoms with van der Waals surface area (Å²) >= 11 is 8.85. The van der Waals surface area contributed by atoms with Gasteiger partial charge < -0.3 is 10.1 Å². The number of carbonyl (C=O) groups is 2. The van der Waals surface area contributed by atoms with Crippen LogP contribution in [0.25, 0.3) is 0 Å². The molecule has 1 aromatic rings. The quantitative estimate of drug-likeness (QED) is 0.639. The smallest absolute Gasteiger partial charge is 0.373 e. The molecule has 1 N–H and O–H groups in total. The van der Waals surface area contributed by atoms with Crippen molar-refractivity contribution >= 4 is 39.6 Å². The SMILES string of the molecule is CNC(=O)OC(=O)c1cc(Cl)ccc1Br. The number of hydrogen-bond acceptors (Lipinski definition) is 3. The lowest BCUT2D eigenvalue weighted by Gasteiger charge is -2.04. The first kappa shape index (κ1) is 12.0. The van der Waals surface area contributed by atoms with Gasteiger partial charge in [-0.15, -0.1) is 0 Å². The topological polar surface area (TPSA) is 55.4 Å². The molecular weight excluding hydrogens is 285 g/mol. The van der Waals surface area contributed by atoms with Crippen molar-refractivity contribution in [3.8, 4) is 0 Å². The van der Waals surface area contributed by atoms with Gasteiger partial charge in [0.1, 0.15) is 0 Å². The Morgan fingerprint density at radius 2 is 2.13 bits per heavy atom. The van der Waals surface area contributed by atoms with Crippen LogP contribution in [-0.4, -0.2) is 19.1 Å². The Bertz CT molecular complexity index is 408. The molecule has 15 heavy (non-hydrogen) atoms. The van der Waals surface area contributed by atoms with Gasteiger partial charge >= 0.3 is 12.1 Å². The maximum Gasteiger partial charge on any atom is 0.414 e. The molecule has 0 spiro atoms. The summed E-state index contributed by atoms with van der Waals surface area (Å²) in [5.41, 5.74) is 0.200. The van der Waals surface area contributed by atoms with Crippen LogP contribution in [0.3, 0.4) is 0 Å². The van der Waals surface area contributed by atoms with Crippen molar-refractivity contribution in [3.05, 3.63) is 33.3 Å². The van der Waals surface area contributed by atoms with Crippen LogP contribution in [0.1, 0.15) is 10.4 Å². The Labute approximate surface area is 99.7 Å². The van der Waals surface area contributed by atoms with Gasteiger partial charge in [0.2, 0.25) is 0 Å². The third-order valence-electron chi connectivity index (χ3n) is 1.54. The second kappa shape index (κ2) is 5.14. The Morgan fingerprint density at radius 3 is 2.73 bits per heavy atom. The van der Waals surface area contributed by atoms with Crippen LogP contribution in [0.4, 0.5) is 4.79 Å². The fourth-order valence-electron chi connectivity index (χ4n) is 0.844. The number of halogens is 2. The van der Waals surface area contributed by atoms with Gasteiger partial charge in [-0.05, 0) is 34.1 Å². The predicted octanol–water partition coefficient (Wildman–Crippen LogP) is 2.60. The highest BCUT2D eigenvalue weighted by molar-refractivity contribution is 9.10. The minimum Gasteiger partial charge on any atom is -0.373 e. The zero-order chi connectivity index (χ0) is 11.4. The number of alkyl carbamates (subject to hydrolysis) is 1. The number of amides is 1. The van der Waals surface area contributed by atoms with Crippen LogP contribution in [0.5, 0.6) is 0 Å². The van der Waals surface area contributed by atoms with Crippen molar-refractivity contribution in [2.45, 2.75) is 0 Å². The second-order valence-electron chi connectivity index (χ2n) is 2.55. The summed E-state index contributed by atoms with van der Waals surface area (Å²) in [5.74, 6) is -0.760. The number of rotatable bonds is 1. The molecule has 1 rings (SSSR count). The summed E-state index contributed by atoms with van der Waals surface area (Å²) in [6.07, 6.45) is -0.813. The molecule has 80 valence electrons. The summed E-state index contributed by atoms with van der Waals surface area (Å²) in [7, 11) is 1.36. The molecular formula is C9H7BrClNO3. The lowest BCUT2D eigenvalue weighted by Crippen LogP contribution is -2.23. The molecule has 0 aromatic heterocycles. The Balaban J connectivity index is 2.91. The maximum atomic E-state index is 11.4. The fourth-order valence-corrected chi connectivity index (χ4v) is 1.42. The standard InChI is InChI=1S/C9H7BrClNO3/c1-12-9(14)15-8(13)6-4-5(11)2-3-7(6)10/h2-4H,1H3,(H,12,14). The van der Waals surface area contributed by atoms with E-state index < -0.39 is 12.1 Å². The van der Waals surface area contributed by atoms with E-state index in [4.69, 9.17) is 11.6 Å². The summed E-state index contributed by atoms with van der Waals surface area (Å²) in [6.45, 7) is 0.